The van der Waals surface area contributed by atoms with E-state index in [2.05, 4.69) is 5.32 Å². The van der Waals surface area contributed by atoms with Crippen molar-refractivity contribution in [3.8, 4) is 0 Å². The summed E-state index contributed by atoms with van der Waals surface area (Å²) in [4.78, 5) is 9.45. The van der Waals surface area contributed by atoms with E-state index in [0.717, 1.165) is 0 Å². The van der Waals surface area contributed by atoms with Crippen molar-refractivity contribution in [2.45, 2.75) is 25.9 Å². The van der Waals surface area contributed by atoms with Crippen LogP contribution < -0.4 is 5.32 Å². The monoisotopic (exact) mass is 161 g/mol. The van der Waals surface area contributed by atoms with Crippen LogP contribution in [0.1, 0.15) is 19.8 Å². The Morgan fingerprint density at radius 2 is 1.82 bits per heavy atom. The Hall–Kier alpha value is -0.610. The lowest BCUT2D eigenvalue weighted by molar-refractivity contribution is -0.145. The lowest BCUT2D eigenvalue weighted by Gasteiger charge is -1.89. The standard InChI is InChI=1S/C4H9N.C3H6O3/c1-2-4-5-3-1;1-2(4)3(5)6/h5H,1-4H2;2,4H,1H3,(H,5,6). The van der Waals surface area contributed by atoms with Gasteiger partial charge in [0.15, 0.2) is 0 Å². The van der Waals surface area contributed by atoms with Crippen LogP contribution in [0.4, 0.5) is 0 Å². The van der Waals surface area contributed by atoms with Gasteiger partial charge in [0.05, 0.1) is 0 Å². The molecule has 0 saturated carbocycles. The molecule has 0 aliphatic carbocycles. The van der Waals surface area contributed by atoms with Gasteiger partial charge in [-0.1, -0.05) is 0 Å². The molecule has 1 heterocycles. The van der Waals surface area contributed by atoms with Gasteiger partial charge in [-0.2, -0.15) is 0 Å². The van der Waals surface area contributed by atoms with Crippen LogP contribution in [0.25, 0.3) is 0 Å². The number of carboxylic acid groups (broad SMARTS) is 1. The van der Waals surface area contributed by atoms with Crippen LogP contribution in [-0.2, 0) is 4.79 Å². The average Bonchev–Trinajstić information content (AvgIpc) is 2.41. The summed E-state index contributed by atoms with van der Waals surface area (Å²) in [6.07, 6.45) is 1.55. The smallest absolute Gasteiger partial charge is 0.332 e. The zero-order valence-electron chi connectivity index (χ0n) is 6.71. The van der Waals surface area contributed by atoms with E-state index in [9.17, 15) is 4.79 Å². The van der Waals surface area contributed by atoms with Crippen molar-refractivity contribution in [3.05, 3.63) is 0 Å². The van der Waals surface area contributed by atoms with E-state index in [0.29, 0.717) is 0 Å². The molecule has 1 aliphatic heterocycles. The third-order valence-corrected chi connectivity index (χ3v) is 1.31. The number of carboxylic acids is 1. The first-order valence-corrected chi connectivity index (χ1v) is 3.76. The first kappa shape index (κ1) is 10.4. The first-order chi connectivity index (χ1) is 5.14. The predicted molar refractivity (Wildman–Crippen MR) is 41.4 cm³/mol. The summed E-state index contributed by atoms with van der Waals surface area (Å²) in [5.41, 5.74) is 0. The van der Waals surface area contributed by atoms with Gasteiger partial charge in [0.1, 0.15) is 6.10 Å². The summed E-state index contributed by atoms with van der Waals surface area (Å²) in [6.45, 7) is 3.70. The molecule has 0 radical (unpaired) electrons. The number of aliphatic hydroxyl groups excluding tert-OH is 1. The van der Waals surface area contributed by atoms with Gasteiger partial charge in [0, 0.05) is 0 Å². The Morgan fingerprint density at radius 3 is 1.91 bits per heavy atom. The molecular formula is C7H15NO3. The topological polar surface area (TPSA) is 69.6 Å². The fourth-order valence-corrected chi connectivity index (χ4v) is 0.625. The fraction of sp³-hybridized carbons (Fsp3) is 0.857. The highest BCUT2D eigenvalue weighted by Crippen LogP contribution is 1.90. The third kappa shape index (κ3) is 7.29. The highest BCUT2D eigenvalue weighted by atomic mass is 16.4. The molecule has 1 aliphatic rings. The maximum absolute atomic E-state index is 9.45. The quantitative estimate of drug-likeness (QED) is 0.499. The van der Waals surface area contributed by atoms with Crippen LogP contribution in [0.15, 0.2) is 0 Å². The van der Waals surface area contributed by atoms with Gasteiger partial charge >= 0.3 is 5.97 Å². The first-order valence-electron chi connectivity index (χ1n) is 3.76. The molecule has 1 unspecified atom stereocenters. The van der Waals surface area contributed by atoms with E-state index >= 15 is 0 Å². The van der Waals surface area contributed by atoms with Crippen molar-refractivity contribution >= 4 is 5.97 Å². The number of hydrogen-bond donors (Lipinski definition) is 3. The van der Waals surface area contributed by atoms with Crippen LogP contribution in [0.2, 0.25) is 0 Å². The van der Waals surface area contributed by atoms with Crippen LogP contribution in [0.3, 0.4) is 0 Å². The van der Waals surface area contributed by atoms with Crippen LogP contribution in [-0.4, -0.2) is 35.4 Å². The molecule has 3 N–H and O–H groups in total. The minimum atomic E-state index is -1.23. The van der Waals surface area contributed by atoms with Crippen LogP contribution >= 0.6 is 0 Å². The normalized spacial score (nSPS) is 18.4. The zero-order valence-corrected chi connectivity index (χ0v) is 6.71. The van der Waals surface area contributed by atoms with Gasteiger partial charge in [-0.25, -0.2) is 4.79 Å². The summed E-state index contributed by atoms with van der Waals surface area (Å²) in [7, 11) is 0. The van der Waals surface area contributed by atoms with E-state index in [-0.39, 0.29) is 0 Å². The van der Waals surface area contributed by atoms with Gasteiger partial charge in [-0.15, -0.1) is 0 Å². The van der Waals surface area contributed by atoms with E-state index in [1.54, 1.807) is 0 Å². The minimum Gasteiger partial charge on any atom is -0.479 e. The van der Waals surface area contributed by atoms with E-state index < -0.39 is 12.1 Å². The van der Waals surface area contributed by atoms with Crippen LogP contribution in [0, 0.1) is 0 Å². The summed E-state index contributed by atoms with van der Waals surface area (Å²) in [6, 6.07) is 0. The van der Waals surface area contributed by atoms with Gasteiger partial charge < -0.3 is 15.5 Å². The Labute approximate surface area is 66.2 Å². The lowest BCUT2D eigenvalue weighted by Crippen LogP contribution is -2.13. The summed E-state index contributed by atoms with van der Waals surface area (Å²) in [5, 5.41) is 19.0. The zero-order chi connectivity index (χ0) is 8.69. The summed E-state index contributed by atoms with van der Waals surface area (Å²) >= 11 is 0. The molecule has 1 rings (SSSR count). The van der Waals surface area contributed by atoms with E-state index in [1.165, 1.54) is 32.9 Å². The Balaban J connectivity index is 0.000000183. The molecule has 0 spiro atoms. The molecule has 4 heteroatoms. The number of nitrogens with one attached hydrogen (secondary N) is 1. The molecule has 1 saturated heterocycles. The fourth-order valence-electron chi connectivity index (χ4n) is 0.625. The molecule has 1 fully saturated rings. The molecule has 1 atom stereocenters. The molecule has 66 valence electrons. The molecule has 11 heavy (non-hydrogen) atoms. The Morgan fingerprint density at radius 1 is 1.45 bits per heavy atom. The molecule has 0 aromatic rings. The minimum absolute atomic E-state index is 1.19. The predicted octanol–water partition coefficient (Wildman–Crippen LogP) is -0.178. The van der Waals surface area contributed by atoms with Crippen molar-refractivity contribution < 1.29 is 15.0 Å². The SMILES string of the molecule is C1CCNC1.CC(O)C(=O)O. The Kier molecular flexibility index (Phi) is 5.78. The second-order valence-corrected chi connectivity index (χ2v) is 2.47. The van der Waals surface area contributed by atoms with Gasteiger partial charge in [0.25, 0.3) is 0 Å². The maximum Gasteiger partial charge on any atom is 0.332 e. The molecule has 0 aromatic heterocycles. The van der Waals surface area contributed by atoms with Gasteiger partial charge in [0.2, 0.25) is 0 Å². The largest absolute Gasteiger partial charge is 0.479 e. The lowest BCUT2D eigenvalue weighted by atomic mass is 10.4. The number of rotatable bonds is 1. The number of aliphatic carboxylic acids is 1. The van der Waals surface area contributed by atoms with Crippen LogP contribution in [0.5, 0.6) is 0 Å². The second kappa shape index (κ2) is 6.12. The van der Waals surface area contributed by atoms with Crippen molar-refractivity contribution in [1.82, 2.24) is 5.32 Å². The van der Waals surface area contributed by atoms with Crippen molar-refractivity contribution in [2.24, 2.45) is 0 Å². The Bertz CT molecular complexity index is 103. The summed E-state index contributed by atoms with van der Waals surface area (Å²) < 4.78 is 0. The average molecular weight is 161 g/mol. The van der Waals surface area contributed by atoms with Crippen molar-refractivity contribution in [2.75, 3.05) is 13.1 Å². The van der Waals surface area contributed by atoms with E-state index in [1.807, 2.05) is 0 Å². The second-order valence-electron chi connectivity index (χ2n) is 2.47. The highest BCUT2D eigenvalue weighted by Gasteiger charge is 2.01. The molecule has 0 aromatic carbocycles. The van der Waals surface area contributed by atoms with Crippen molar-refractivity contribution in [1.29, 1.82) is 0 Å². The molecule has 4 nitrogen and oxygen atoms in total. The number of hydrogen-bond acceptors (Lipinski definition) is 3. The highest BCUT2D eigenvalue weighted by molar-refractivity contribution is 5.71. The summed E-state index contributed by atoms with van der Waals surface area (Å²) in [5.74, 6) is -1.19. The van der Waals surface area contributed by atoms with Crippen molar-refractivity contribution in [3.63, 3.8) is 0 Å². The van der Waals surface area contributed by atoms with Gasteiger partial charge in [-0.3, -0.25) is 0 Å². The number of carbonyl (C=O) groups is 1. The molecule has 0 amide bonds. The van der Waals surface area contributed by atoms with Gasteiger partial charge in [-0.05, 0) is 32.9 Å². The van der Waals surface area contributed by atoms with E-state index in [4.69, 9.17) is 10.2 Å². The number of aliphatic hydroxyl groups is 1. The maximum atomic E-state index is 9.45. The third-order valence-electron chi connectivity index (χ3n) is 1.31. The molecular weight excluding hydrogens is 146 g/mol. The molecule has 0 bridgehead atoms.